The molecule has 74 valence electrons. The lowest BCUT2D eigenvalue weighted by Crippen LogP contribution is -1.94. The number of hydrogen-bond acceptors (Lipinski definition) is 1. The first kappa shape index (κ1) is 8.96. The monoisotopic (exact) mass is 216 g/mol. The second kappa shape index (κ2) is 3.09. The summed E-state index contributed by atoms with van der Waals surface area (Å²) in [5.41, 5.74) is 3.91. The van der Waals surface area contributed by atoms with Gasteiger partial charge >= 0.3 is 0 Å². The summed E-state index contributed by atoms with van der Waals surface area (Å²) in [6.07, 6.45) is -0.579. The summed E-state index contributed by atoms with van der Waals surface area (Å²) < 4.78 is 0. The zero-order valence-electron chi connectivity index (χ0n) is 7.94. The van der Waals surface area contributed by atoms with Crippen molar-refractivity contribution in [1.82, 2.24) is 0 Å². The Balaban J connectivity index is 2.37. The average Bonchev–Trinajstić information content (AvgIpc) is 2.55. The Labute approximate surface area is 92.9 Å². The van der Waals surface area contributed by atoms with E-state index >= 15 is 0 Å². The molecule has 0 saturated heterocycles. The number of fused-ring (bicyclic) bond motifs is 3. The molecule has 15 heavy (non-hydrogen) atoms. The molecule has 1 aliphatic carbocycles. The van der Waals surface area contributed by atoms with Gasteiger partial charge in [-0.05, 0) is 22.8 Å². The second-order valence-electron chi connectivity index (χ2n) is 3.69. The summed E-state index contributed by atoms with van der Waals surface area (Å²) in [4.78, 5) is 0. The Bertz CT molecular complexity index is 534. The van der Waals surface area contributed by atoms with Crippen LogP contribution in [0.15, 0.2) is 42.5 Å². The SMILES string of the molecule is OC1c2ccccc2-c2cccc(Cl)c21. The van der Waals surface area contributed by atoms with E-state index in [4.69, 9.17) is 11.6 Å². The molecule has 2 heteroatoms. The van der Waals surface area contributed by atoms with E-state index < -0.39 is 6.10 Å². The summed E-state index contributed by atoms with van der Waals surface area (Å²) >= 11 is 6.09. The first-order valence-corrected chi connectivity index (χ1v) is 5.22. The van der Waals surface area contributed by atoms with E-state index in [1.54, 1.807) is 0 Å². The molecule has 0 heterocycles. The number of rotatable bonds is 0. The Morgan fingerprint density at radius 3 is 2.53 bits per heavy atom. The van der Waals surface area contributed by atoms with Crippen LogP contribution in [0, 0.1) is 0 Å². The molecule has 1 N–H and O–H groups in total. The fourth-order valence-electron chi connectivity index (χ4n) is 2.19. The smallest absolute Gasteiger partial charge is 0.107 e. The molecule has 0 saturated carbocycles. The van der Waals surface area contributed by atoms with Crippen LogP contribution in [-0.2, 0) is 0 Å². The van der Waals surface area contributed by atoms with Crippen molar-refractivity contribution >= 4 is 11.6 Å². The molecule has 1 unspecified atom stereocenters. The Hall–Kier alpha value is -1.31. The van der Waals surface area contributed by atoms with Gasteiger partial charge in [0.15, 0.2) is 0 Å². The van der Waals surface area contributed by atoms with Crippen LogP contribution in [0.1, 0.15) is 17.2 Å². The topological polar surface area (TPSA) is 20.2 Å². The predicted molar refractivity (Wildman–Crippen MR) is 60.9 cm³/mol. The molecule has 0 fully saturated rings. The zero-order valence-corrected chi connectivity index (χ0v) is 8.70. The molecule has 0 bridgehead atoms. The lowest BCUT2D eigenvalue weighted by molar-refractivity contribution is 0.225. The van der Waals surface area contributed by atoms with E-state index in [2.05, 4.69) is 0 Å². The molecule has 1 atom stereocenters. The minimum atomic E-state index is -0.579. The second-order valence-corrected chi connectivity index (χ2v) is 4.10. The van der Waals surface area contributed by atoms with Crippen LogP contribution < -0.4 is 0 Å². The van der Waals surface area contributed by atoms with Gasteiger partial charge in [-0.15, -0.1) is 0 Å². The fourth-order valence-corrected chi connectivity index (χ4v) is 2.46. The molecule has 2 aromatic rings. The number of aliphatic hydroxyl groups excluding tert-OH is 1. The van der Waals surface area contributed by atoms with Crippen LogP contribution in [0.5, 0.6) is 0 Å². The van der Waals surface area contributed by atoms with Crippen LogP contribution in [0.25, 0.3) is 11.1 Å². The molecule has 0 aliphatic heterocycles. The highest BCUT2D eigenvalue weighted by Gasteiger charge is 2.28. The average molecular weight is 217 g/mol. The maximum Gasteiger partial charge on any atom is 0.107 e. The molecule has 0 aromatic heterocycles. The third-order valence-corrected chi connectivity index (χ3v) is 3.20. The summed E-state index contributed by atoms with van der Waals surface area (Å²) in [6, 6.07) is 13.6. The largest absolute Gasteiger partial charge is 0.384 e. The van der Waals surface area contributed by atoms with Crippen molar-refractivity contribution in [3.8, 4) is 11.1 Å². The van der Waals surface area contributed by atoms with E-state index in [0.29, 0.717) is 5.02 Å². The zero-order chi connectivity index (χ0) is 10.4. The van der Waals surface area contributed by atoms with Gasteiger partial charge in [0.05, 0.1) is 0 Å². The van der Waals surface area contributed by atoms with Gasteiger partial charge in [0, 0.05) is 10.6 Å². The molecule has 3 rings (SSSR count). The molecule has 0 radical (unpaired) electrons. The number of hydrogen-bond donors (Lipinski definition) is 1. The molecular formula is C13H9ClO. The minimum absolute atomic E-state index is 0.579. The third-order valence-electron chi connectivity index (χ3n) is 2.87. The van der Waals surface area contributed by atoms with E-state index in [9.17, 15) is 5.11 Å². The lowest BCUT2D eigenvalue weighted by atomic mass is 10.1. The van der Waals surface area contributed by atoms with Gasteiger partial charge in [-0.2, -0.15) is 0 Å². The van der Waals surface area contributed by atoms with Gasteiger partial charge in [0.1, 0.15) is 6.10 Å². The Morgan fingerprint density at radius 1 is 0.933 bits per heavy atom. The van der Waals surface area contributed by atoms with Crippen molar-refractivity contribution in [1.29, 1.82) is 0 Å². The van der Waals surface area contributed by atoms with Gasteiger partial charge in [0.25, 0.3) is 0 Å². The maximum absolute atomic E-state index is 10.1. The van der Waals surface area contributed by atoms with Crippen molar-refractivity contribution < 1.29 is 5.11 Å². The number of halogens is 1. The highest BCUT2D eigenvalue weighted by Crippen LogP contribution is 2.45. The van der Waals surface area contributed by atoms with E-state index in [-0.39, 0.29) is 0 Å². The van der Waals surface area contributed by atoms with Crippen molar-refractivity contribution in [3.05, 3.63) is 58.6 Å². The number of benzene rings is 2. The molecule has 1 aliphatic rings. The highest BCUT2D eigenvalue weighted by molar-refractivity contribution is 6.32. The Kier molecular flexibility index (Phi) is 1.84. The summed E-state index contributed by atoms with van der Waals surface area (Å²) in [5, 5.41) is 10.8. The van der Waals surface area contributed by atoms with Crippen LogP contribution in [0.4, 0.5) is 0 Å². The van der Waals surface area contributed by atoms with Crippen molar-refractivity contribution in [2.24, 2.45) is 0 Å². The van der Waals surface area contributed by atoms with Gasteiger partial charge in [-0.3, -0.25) is 0 Å². The van der Waals surface area contributed by atoms with Gasteiger partial charge in [0.2, 0.25) is 0 Å². The van der Waals surface area contributed by atoms with Crippen molar-refractivity contribution in [3.63, 3.8) is 0 Å². The van der Waals surface area contributed by atoms with Crippen LogP contribution in [0.3, 0.4) is 0 Å². The third kappa shape index (κ3) is 1.14. The Morgan fingerprint density at radius 2 is 1.67 bits per heavy atom. The lowest BCUT2D eigenvalue weighted by Gasteiger charge is -2.06. The normalized spacial score (nSPS) is 17.3. The van der Waals surface area contributed by atoms with E-state index in [1.807, 2.05) is 42.5 Å². The van der Waals surface area contributed by atoms with E-state index in [0.717, 1.165) is 22.3 Å². The first-order valence-electron chi connectivity index (χ1n) is 4.85. The summed E-state index contributed by atoms with van der Waals surface area (Å²) in [7, 11) is 0. The number of aliphatic hydroxyl groups is 1. The maximum atomic E-state index is 10.1. The molecule has 2 aromatic carbocycles. The van der Waals surface area contributed by atoms with Gasteiger partial charge in [-0.25, -0.2) is 0 Å². The van der Waals surface area contributed by atoms with Crippen LogP contribution in [0.2, 0.25) is 5.02 Å². The predicted octanol–water partition coefficient (Wildman–Crippen LogP) is 3.40. The minimum Gasteiger partial charge on any atom is -0.384 e. The molecule has 0 spiro atoms. The molecule has 0 amide bonds. The van der Waals surface area contributed by atoms with Crippen molar-refractivity contribution in [2.45, 2.75) is 6.10 Å². The highest BCUT2D eigenvalue weighted by atomic mass is 35.5. The summed E-state index contributed by atoms with van der Waals surface area (Å²) in [6.45, 7) is 0. The first-order chi connectivity index (χ1) is 7.29. The fraction of sp³-hybridized carbons (Fsp3) is 0.0769. The van der Waals surface area contributed by atoms with E-state index in [1.165, 1.54) is 0 Å². The van der Waals surface area contributed by atoms with Crippen LogP contribution in [-0.4, -0.2) is 5.11 Å². The summed E-state index contributed by atoms with van der Waals surface area (Å²) in [5.74, 6) is 0. The van der Waals surface area contributed by atoms with Crippen molar-refractivity contribution in [2.75, 3.05) is 0 Å². The molecular weight excluding hydrogens is 208 g/mol. The van der Waals surface area contributed by atoms with Gasteiger partial charge < -0.3 is 5.11 Å². The quantitative estimate of drug-likeness (QED) is 0.716. The van der Waals surface area contributed by atoms with Crippen LogP contribution >= 0.6 is 11.6 Å². The molecule has 1 nitrogen and oxygen atoms in total. The van der Waals surface area contributed by atoms with Gasteiger partial charge in [-0.1, -0.05) is 48.0 Å². The standard InChI is InChI=1S/C13H9ClO/c14-11-7-3-6-9-8-4-1-2-5-10(8)13(15)12(9)11/h1-7,13,15H.